The Balaban J connectivity index is 1.75. The highest BCUT2D eigenvalue weighted by Crippen LogP contribution is 2.24. The lowest BCUT2D eigenvalue weighted by molar-refractivity contribution is -0.386. The van der Waals surface area contributed by atoms with Crippen molar-refractivity contribution in [2.24, 2.45) is 0 Å². The van der Waals surface area contributed by atoms with E-state index in [0.29, 0.717) is 5.56 Å². The summed E-state index contributed by atoms with van der Waals surface area (Å²) in [5.41, 5.74) is 0.904. The third-order valence-electron chi connectivity index (χ3n) is 4.32. The molecule has 142 valence electrons. The fourth-order valence-corrected chi connectivity index (χ4v) is 2.80. The van der Waals surface area contributed by atoms with Crippen LogP contribution in [0.4, 0.5) is 5.69 Å². The number of ether oxygens (including phenoxy) is 1. The molecule has 1 aromatic carbocycles. The number of hydrogen-bond acceptors (Lipinski definition) is 6. The van der Waals surface area contributed by atoms with Gasteiger partial charge in [0.1, 0.15) is 17.9 Å². The van der Waals surface area contributed by atoms with Crippen LogP contribution >= 0.6 is 0 Å². The van der Waals surface area contributed by atoms with Gasteiger partial charge < -0.3 is 10.1 Å². The van der Waals surface area contributed by atoms with E-state index in [1.807, 2.05) is 0 Å². The summed E-state index contributed by atoms with van der Waals surface area (Å²) in [5.74, 6) is -1.08. The predicted octanol–water partition coefficient (Wildman–Crippen LogP) is 1.97. The van der Waals surface area contributed by atoms with E-state index >= 15 is 0 Å². The number of nitrogens with one attached hydrogen (secondary N) is 1. The van der Waals surface area contributed by atoms with E-state index in [0.717, 1.165) is 12.8 Å². The summed E-state index contributed by atoms with van der Waals surface area (Å²) in [6.07, 6.45) is 0.749. The maximum atomic E-state index is 12.5. The summed E-state index contributed by atoms with van der Waals surface area (Å²) in [7, 11) is 0. The van der Waals surface area contributed by atoms with Crippen LogP contribution in [0.3, 0.4) is 0 Å². The van der Waals surface area contributed by atoms with Crippen LogP contribution in [0.1, 0.15) is 35.9 Å². The van der Waals surface area contributed by atoms with E-state index in [9.17, 15) is 19.7 Å². The molecule has 0 radical (unpaired) electrons. The molecule has 0 saturated heterocycles. The second-order valence-electron chi connectivity index (χ2n) is 6.50. The molecule has 1 atom stereocenters. The standard InChI is InChI=1S/C18H20N4O5/c1-11-16(22(25)26)12(2)21(20-11)10-15(23)27-17(13-6-4-3-5-7-13)18(24)19-14-8-9-14/h3-7,14,17H,8-10H2,1-2H3,(H,19,24)/t17-/m1/s1. The zero-order valence-corrected chi connectivity index (χ0v) is 15.0. The maximum Gasteiger partial charge on any atom is 0.328 e. The van der Waals surface area contributed by atoms with Gasteiger partial charge in [0.25, 0.3) is 5.91 Å². The molecule has 9 heteroatoms. The first-order valence-electron chi connectivity index (χ1n) is 8.60. The fourth-order valence-electron chi connectivity index (χ4n) is 2.80. The topological polar surface area (TPSA) is 116 Å². The third kappa shape index (κ3) is 4.30. The monoisotopic (exact) mass is 372 g/mol. The third-order valence-corrected chi connectivity index (χ3v) is 4.32. The van der Waals surface area contributed by atoms with Crippen LogP contribution in [0.25, 0.3) is 0 Å². The van der Waals surface area contributed by atoms with Crippen LogP contribution in [0.2, 0.25) is 0 Å². The average Bonchev–Trinajstić information content (AvgIpc) is 3.38. The van der Waals surface area contributed by atoms with Gasteiger partial charge in [0, 0.05) is 11.6 Å². The van der Waals surface area contributed by atoms with Crippen LogP contribution in [0.15, 0.2) is 30.3 Å². The normalized spacial score (nSPS) is 14.4. The van der Waals surface area contributed by atoms with Gasteiger partial charge in [-0.05, 0) is 26.7 Å². The van der Waals surface area contributed by atoms with Crippen molar-refractivity contribution in [3.8, 4) is 0 Å². The highest BCUT2D eigenvalue weighted by molar-refractivity contribution is 5.85. The molecule has 9 nitrogen and oxygen atoms in total. The zero-order valence-electron chi connectivity index (χ0n) is 15.0. The molecule has 0 bridgehead atoms. The molecular weight excluding hydrogens is 352 g/mol. The van der Waals surface area contributed by atoms with Crippen molar-refractivity contribution in [1.82, 2.24) is 15.1 Å². The number of nitro groups is 1. The molecule has 1 aromatic heterocycles. The summed E-state index contributed by atoms with van der Waals surface area (Å²) < 4.78 is 6.63. The van der Waals surface area contributed by atoms with E-state index in [1.165, 1.54) is 18.5 Å². The minimum absolute atomic E-state index is 0.126. The van der Waals surface area contributed by atoms with Gasteiger partial charge in [-0.25, -0.2) is 0 Å². The van der Waals surface area contributed by atoms with Gasteiger partial charge in [-0.15, -0.1) is 0 Å². The van der Waals surface area contributed by atoms with Crippen LogP contribution in [0.5, 0.6) is 0 Å². The van der Waals surface area contributed by atoms with Gasteiger partial charge in [0.15, 0.2) is 0 Å². The van der Waals surface area contributed by atoms with Crippen molar-refractivity contribution in [3.63, 3.8) is 0 Å². The molecule has 0 spiro atoms. The van der Waals surface area contributed by atoms with Crippen LogP contribution in [0, 0.1) is 24.0 Å². The second-order valence-corrected chi connectivity index (χ2v) is 6.50. The lowest BCUT2D eigenvalue weighted by Gasteiger charge is -2.18. The number of nitrogens with zero attached hydrogens (tertiary/aromatic N) is 3. The van der Waals surface area contributed by atoms with Gasteiger partial charge in [-0.3, -0.25) is 24.4 Å². The van der Waals surface area contributed by atoms with Crippen LogP contribution in [-0.2, 0) is 20.9 Å². The molecule has 0 unspecified atom stereocenters. The Hall–Kier alpha value is -3.23. The molecule has 1 fully saturated rings. The second kappa shape index (κ2) is 7.56. The van der Waals surface area contributed by atoms with Crippen molar-refractivity contribution >= 4 is 17.6 Å². The highest BCUT2D eigenvalue weighted by Gasteiger charge is 2.31. The summed E-state index contributed by atoms with van der Waals surface area (Å²) in [5, 5.41) is 17.9. The van der Waals surface area contributed by atoms with E-state index in [4.69, 9.17) is 4.74 Å². The number of rotatable bonds is 7. The minimum Gasteiger partial charge on any atom is -0.446 e. The number of hydrogen-bond donors (Lipinski definition) is 1. The first kappa shape index (κ1) is 18.6. The van der Waals surface area contributed by atoms with Crippen LogP contribution < -0.4 is 5.32 Å². The number of carbonyl (C=O) groups is 2. The number of aryl methyl sites for hydroxylation is 1. The molecular formula is C18H20N4O5. The number of aromatic nitrogens is 2. The number of benzene rings is 1. The van der Waals surface area contributed by atoms with Gasteiger partial charge in [-0.2, -0.15) is 5.10 Å². The Kier molecular flexibility index (Phi) is 5.20. The zero-order chi connectivity index (χ0) is 19.6. The van der Waals surface area contributed by atoms with Gasteiger partial charge in [0.2, 0.25) is 6.10 Å². The first-order valence-corrected chi connectivity index (χ1v) is 8.60. The summed E-state index contributed by atoms with van der Waals surface area (Å²) in [6, 6.07) is 8.85. The van der Waals surface area contributed by atoms with Gasteiger partial charge in [-0.1, -0.05) is 30.3 Å². The Labute approximate surface area is 155 Å². The summed E-state index contributed by atoms with van der Waals surface area (Å²) >= 11 is 0. The van der Waals surface area contributed by atoms with Gasteiger partial charge in [0.05, 0.1) is 4.92 Å². The summed E-state index contributed by atoms with van der Waals surface area (Å²) in [6.45, 7) is 2.70. The lowest BCUT2D eigenvalue weighted by Crippen LogP contribution is -2.34. The quantitative estimate of drug-likeness (QED) is 0.451. The Morgan fingerprint density at radius 3 is 2.56 bits per heavy atom. The maximum absolute atomic E-state index is 12.5. The predicted molar refractivity (Wildman–Crippen MR) is 94.8 cm³/mol. The molecule has 2 aromatic rings. The minimum atomic E-state index is -1.08. The van der Waals surface area contributed by atoms with E-state index in [2.05, 4.69) is 10.4 Å². The summed E-state index contributed by atoms with van der Waals surface area (Å²) in [4.78, 5) is 35.5. The Bertz CT molecular complexity index is 873. The molecule has 1 aliphatic rings. The molecule has 1 amide bonds. The molecule has 1 N–H and O–H groups in total. The Morgan fingerprint density at radius 2 is 2.00 bits per heavy atom. The van der Waals surface area contributed by atoms with Crippen molar-refractivity contribution in [3.05, 3.63) is 57.4 Å². The first-order chi connectivity index (χ1) is 12.9. The van der Waals surface area contributed by atoms with E-state index < -0.39 is 17.0 Å². The average molecular weight is 372 g/mol. The number of amides is 1. The fraction of sp³-hybridized carbons (Fsp3) is 0.389. The Morgan fingerprint density at radius 1 is 1.33 bits per heavy atom. The highest BCUT2D eigenvalue weighted by atomic mass is 16.6. The number of esters is 1. The van der Waals surface area contributed by atoms with E-state index in [1.54, 1.807) is 30.3 Å². The molecule has 1 saturated carbocycles. The molecule has 1 heterocycles. The number of carbonyl (C=O) groups excluding carboxylic acids is 2. The molecule has 3 rings (SSSR count). The smallest absolute Gasteiger partial charge is 0.328 e. The van der Waals surface area contributed by atoms with Crippen molar-refractivity contribution < 1.29 is 19.2 Å². The molecule has 27 heavy (non-hydrogen) atoms. The largest absolute Gasteiger partial charge is 0.446 e. The lowest BCUT2D eigenvalue weighted by atomic mass is 10.1. The SMILES string of the molecule is Cc1nn(CC(=O)O[C@@H](C(=O)NC2CC2)c2ccccc2)c(C)c1[N+](=O)[O-]. The van der Waals surface area contributed by atoms with Crippen LogP contribution in [-0.4, -0.2) is 32.6 Å². The molecule has 0 aliphatic heterocycles. The van der Waals surface area contributed by atoms with Crippen molar-refractivity contribution in [1.29, 1.82) is 0 Å². The molecule has 1 aliphatic carbocycles. The van der Waals surface area contributed by atoms with Crippen molar-refractivity contribution in [2.45, 2.75) is 45.4 Å². The van der Waals surface area contributed by atoms with Gasteiger partial charge >= 0.3 is 11.7 Å². The van der Waals surface area contributed by atoms with Crippen molar-refractivity contribution in [2.75, 3.05) is 0 Å². The van der Waals surface area contributed by atoms with E-state index in [-0.39, 0.29) is 35.6 Å².